The van der Waals surface area contributed by atoms with Gasteiger partial charge in [-0.1, -0.05) is 37.3 Å². The van der Waals surface area contributed by atoms with Gasteiger partial charge in [0.15, 0.2) is 6.29 Å². The van der Waals surface area contributed by atoms with Crippen molar-refractivity contribution in [3.63, 3.8) is 0 Å². The maximum absolute atomic E-state index is 10.9. The quantitative estimate of drug-likeness (QED) is 0.645. The van der Waals surface area contributed by atoms with Crippen LogP contribution in [0.15, 0.2) is 30.3 Å². The third-order valence-electron chi connectivity index (χ3n) is 2.42. The Hall–Kier alpha value is -1.68. The highest BCUT2D eigenvalue weighted by Gasteiger charge is 2.21. The number of benzene rings is 1. The van der Waals surface area contributed by atoms with Gasteiger partial charge in [-0.25, -0.2) is 0 Å². The highest BCUT2D eigenvalue weighted by Crippen LogP contribution is 2.09. The highest BCUT2D eigenvalue weighted by atomic mass is 16.6. The molecule has 17 heavy (non-hydrogen) atoms. The molecule has 1 aromatic rings. The van der Waals surface area contributed by atoms with Gasteiger partial charge in [0.2, 0.25) is 0 Å². The van der Waals surface area contributed by atoms with Gasteiger partial charge in [-0.3, -0.25) is 4.79 Å². The molecule has 0 radical (unpaired) electrons. The first-order valence-electron chi connectivity index (χ1n) is 5.51. The van der Waals surface area contributed by atoms with Gasteiger partial charge in [0, 0.05) is 0 Å². The summed E-state index contributed by atoms with van der Waals surface area (Å²) in [6, 6.07) is 9.51. The zero-order chi connectivity index (χ0) is 12.5. The Bertz CT molecular complexity index is 337. The molecule has 0 aromatic heterocycles. The van der Waals surface area contributed by atoms with Crippen molar-refractivity contribution >= 4 is 12.8 Å². The minimum Gasteiger partial charge on any atom is -0.461 e. The summed E-state index contributed by atoms with van der Waals surface area (Å²) in [4.78, 5) is 21.2. The van der Waals surface area contributed by atoms with Gasteiger partial charge in [0.1, 0.15) is 12.2 Å². The fraction of sp³-hybridized carbons (Fsp3) is 0.385. The smallest absolute Gasteiger partial charge is 0.293 e. The fourth-order valence-corrected chi connectivity index (χ4v) is 1.48. The van der Waals surface area contributed by atoms with Crippen molar-refractivity contribution in [3.05, 3.63) is 35.9 Å². The lowest BCUT2D eigenvalue weighted by molar-refractivity contribution is -0.147. The molecule has 0 saturated heterocycles. The van der Waals surface area contributed by atoms with Crippen LogP contribution in [-0.2, 0) is 25.7 Å². The molecule has 0 aliphatic rings. The molecule has 0 heterocycles. The first-order valence-corrected chi connectivity index (χ1v) is 5.51. The van der Waals surface area contributed by atoms with E-state index in [1.807, 2.05) is 37.3 Å². The zero-order valence-corrected chi connectivity index (χ0v) is 9.74. The molecule has 0 saturated carbocycles. The molecule has 0 amide bonds. The van der Waals surface area contributed by atoms with Crippen molar-refractivity contribution in [2.75, 3.05) is 0 Å². The topological polar surface area (TPSA) is 52.6 Å². The maximum atomic E-state index is 10.9. The summed E-state index contributed by atoms with van der Waals surface area (Å²) in [5.74, 6) is 0. The first kappa shape index (κ1) is 13.4. The van der Waals surface area contributed by atoms with Gasteiger partial charge >= 0.3 is 0 Å². The van der Waals surface area contributed by atoms with E-state index in [2.05, 4.69) is 0 Å². The standard InChI is InChI=1S/C13H16O4/c1-2-12(17-10-15)13(8-14)16-9-11-6-4-3-5-7-11/h3-8,10,12-13H,2,9H2,1H3/t12-,13+/m1/s1. The maximum Gasteiger partial charge on any atom is 0.293 e. The van der Waals surface area contributed by atoms with E-state index in [1.165, 1.54) is 0 Å². The molecular weight excluding hydrogens is 220 g/mol. The molecular formula is C13H16O4. The van der Waals surface area contributed by atoms with E-state index in [-0.39, 0.29) is 0 Å². The minimum absolute atomic E-state index is 0.322. The van der Waals surface area contributed by atoms with Gasteiger partial charge in [-0.05, 0) is 12.0 Å². The lowest BCUT2D eigenvalue weighted by Crippen LogP contribution is -2.32. The molecule has 0 aliphatic heterocycles. The Balaban J connectivity index is 2.51. The van der Waals surface area contributed by atoms with Crippen molar-refractivity contribution in [3.8, 4) is 0 Å². The number of aldehydes is 1. The van der Waals surface area contributed by atoms with E-state index in [1.54, 1.807) is 0 Å². The summed E-state index contributed by atoms with van der Waals surface area (Å²) in [6.45, 7) is 2.50. The average Bonchev–Trinajstić information content (AvgIpc) is 2.39. The van der Waals surface area contributed by atoms with Crippen molar-refractivity contribution in [2.24, 2.45) is 0 Å². The van der Waals surface area contributed by atoms with Gasteiger partial charge in [0.25, 0.3) is 6.47 Å². The minimum atomic E-state index is -0.717. The van der Waals surface area contributed by atoms with Crippen LogP contribution in [0.1, 0.15) is 18.9 Å². The predicted octanol–water partition coefficient (Wildman–Crippen LogP) is 1.72. The summed E-state index contributed by atoms with van der Waals surface area (Å²) in [6.07, 6.45) is -0.0310. The molecule has 1 aromatic carbocycles. The van der Waals surface area contributed by atoms with Gasteiger partial charge in [-0.2, -0.15) is 0 Å². The summed E-state index contributed by atoms with van der Waals surface area (Å²) in [5.41, 5.74) is 0.973. The Kier molecular flexibility index (Phi) is 5.96. The van der Waals surface area contributed by atoms with Crippen LogP contribution in [-0.4, -0.2) is 25.0 Å². The molecule has 0 bridgehead atoms. The Morgan fingerprint density at radius 3 is 2.47 bits per heavy atom. The third kappa shape index (κ3) is 4.36. The molecule has 0 spiro atoms. The van der Waals surface area contributed by atoms with E-state index in [4.69, 9.17) is 9.47 Å². The normalized spacial score (nSPS) is 13.7. The molecule has 0 fully saturated rings. The second-order valence-electron chi connectivity index (χ2n) is 3.58. The van der Waals surface area contributed by atoms with Crippen LogP contribution in [0, 0.1) is 0 Å². The Morgan fingerprint density at radius 1 is 1.24 bits per heavy atom. The number of hydrogen-bond acceptors (Lipinski definition) is 4. The van der Waals surface area contributed by atoms with E-state index in [0.717, 1.165) is 5.56 Å². The predicted molar refractivity (Wildman–Crippen MR) is 62.3 cm³/mol. The van der Waals surface area contributed by atoms with Crippen LogP contribution in [0.25, 0.3) is 0 Å². The number of carbonyl (C=O) groups excluding carboxylic acids is 2. The third-order valence-corrected chi connectivity index (χ3v) is 2.42. The lowest BCUT2D eigenvalue weighted by Gasteiger charge is -2.20. The van der Waals surface area contributed by atoms with E-state index in [0.29, 0.717) is 25.8 Å². The molecule has 92 valence electrons. The number of carbonyl (C=O) groups is 2. The SMILES string of the molecule is CC[C@@H](OC=O)[C@H](C=O)OCc1ccccc1. The van der Waals surface area contributed by atoms with Crippen LogP contribution in [0.3, 0.4) is 0 Å². The zero-order valence-electron chi connectivity index (χ0n) is 9.74. The summed E-state index contributed by atoms with van der Waals surface area (Å²) in [7, 11) is 0. The average molecular weight is 236 g/mol. The second kappa shape index (κ2) is 7.57. The van der Waals surface area contributed by atoms with Gasteiger partial charge in [-0.15, -0.1) is 0 Å². The fourth-order valence-electron chi connectivity index (χ4n) is 1.48. The van der Waals surface area contributed by atoms with Crippen molar-refractivity contribution in [1.82, 2.24) is 0 Å². The van der Waals surface area contributed by atoms with Crippen LogP contribution < -0.4 is 0 Å². The first-order chi connectivity index (χ1) is 8.31. The summed E-state index contributed by atoms with van der Waals surface area (Å²) >= 11 is 0. The summed E-state index contributed by atoms with van der Waals surface area (Å²) < 4.78 is 10.2. The monoisotopic (exact) mass is 236 g/mol. The summed E-state index contributed by atoms with van der Waals surface area (Å²) in [5, 5.41) is 0. The highest BCUT2D eigenvalue weighted by molar-refractivity contribution is 5.57. The molecule has 1 rings (SSSR count). The Labute approximate surface area is 101 Å². The molecule has 4 nitrogen and oxygen atoms in total. The Morgan fingerprint density at radius 2 is 1.94 bits per heavy atom. The van der Waals surface area contributed by atoms with Crippen molar-refractivity contribution in [1.29, 1.82) is 0 Å². The number of ether oxygens (including phenoxy) is 2. The van der Waals surface area contributed by atoms with Gasteiger partial charge < -0.3 is 14.3 Å². The van der Waals surface area contributed by atoms with Gasteiger partial charge in [0.05, 0.1) is 6.61 Å². The van der Waals surface area contributed by atoms with Crippen LogP contribution in [0.2, 0.25) is 0 Å². The van der Waals surface area contributed by atoms with E-state index < -0.39 is 12.2 Å². The second-order valence-corrected chi connectivity index (χ2v) is 3.58. The molecule has 4 heteroatoms. The molecule has 0 unspecified atom stereocenters. The number of rotatable bonds is 8. The van der Waals surface area contributed by atoms with Crippen molar-refractivity contribution < 1.29 is 19.1 Å². The number of hydrogen-bond donors (Lipinski definition) is 0. The van der Waals surface area contributed by atoms with Crippen LogP contribution in [0.5, 0.6) is 0 Å². The van der Waals surface area contributed by atoms with Crippen LogP contribution in [0.4, 0.5) is 0 Å². The van der Waals surface area contributed by atoms with E-state index in [9.17, 15) is 9.59 Å². The molecule has 0 aliphatic carbocycles. The molecule has 0 N–H and O–H groups in total. The molecule has 2 atom stereocenters. The lowest BCUT2D eigenvalue weighted by atomic mass is 10.1. The van der Waals surface area contributed by atoms with E-state index >= 15 is 0 Å². The van der Waals surface area contributed by atoms with Crippen molar-refractivity contribution in [2.45, 2.75) is 32.2 Å². The van der Waals surface area contributed by atoms with Crippen LogP contribution >= 0.6 is 0 Å². The largest absolute Gasteiger partial charge is 0.461 e.